The van der Waals surface area contributed by atoms with Gasteiger partial charge < -0.3 is 10.2 Å². The van der Waals surface area contributed by atoms with Crippen molar-refractivity contribution in [3.8, 4) is 0 Å². The molecule has 1 unspecified atom stereocenters. The van der Waals surface area contributed by atoms with E-state index in [2.05, 4.69) is 38.7 Å². The Labute approximate surface area is 135 Å². The smallest absolute Gasteiger partial charge is 0.208 e. The number of aliphatic imine (C=N–C) groups is 1. The first-order valence-electron chi connectivity index (χ1n) is 8.13. The highest BCUT2D eigenvalue weighted by Crippen LogP contribution is 2.15. The van der Waals surface area contributed by atoms with Crippen LogP contribution in [0.1, 0.15) is 27.2 Å². The summed E-state index contributed by atoms with van der Waals surface area (Å²) in [5.41, 5.74) is 0. The lowest BCUT2D eigenvalue weighted by Crippen LogP contribution is -2.43. The molecule has 0 radical (unpaired) electrons. The highest BCUT2D eigenvalue weighted by Gasteiger charge is 2.27. The summed E-state index contributed by atoms with van der Waals surface area (Å²) in [4.78, 5) is 9.28. The summed E-state index contributed by atoms with van der Waals surface area (Å²) in [6.07, 6.45) is 2.31. The third-order valence-electron chi connectivity index (χ3n) is 3.86. The summed E-state index contributed by atoms with van der Waals surface area (Å²) in [6, 6.07) is 0.577. The molecular formula is C14H31N5O2S. The molecule has 0 spiro atoms. The van der Waals surface area contributed by atoms with E-state index in [-0.39, 0.29) is 0 Å². The Morgan fingerprint density at radius 1 is 1.32 bits per heavy atom. The third kappa shape index (κ3) is 6.50. The van der Waals surface area contributed by atoms with Crippen molar-refractivity contribution in [1.29, 1.82) is 0 Å². The number of guanidine groups is 1. The number of hydrogen-bond acceptors (Lipinski definition) is 4. The van der Waals surface area contributed by atoms with Gasteiger partial charge in [0.15, 0.2) is 5.96 Å². The average molecular weight is 334 g/mol. The molecule has 22 heavy (non-hydrogen) atoms. The lowest BCUT2D eigenvalue weighted by molar-refractivity contribution is 0.223. The molecule has 0 amide bonds. The van der Waals surface area contributed by atoms with Crippen molar-refractivity contribution < 1.29 is 8.42 Å². The summed E-state index contributed by atoms with van der Waals surface area (Å²) in [5, 5.41) is 3.30. The van der Waals surface area contributed by atoms with Gasteiger partial charge in [-0.3, -0.25) is 9.89 Å². The molecule has 1 rings (SSSR count). The van der Waals surface area contributed by atoms with Gasteiger partial charge >= 0.3 is 0 Å². The molecule has 0 aromatic rings. The van der Waals surface area contributed by atoms with Gasteiger partial charge in [0.25, 0.3) is 0 Å². The standard InChI is InChI=1S/C14H31N5O2S/c1-5-15-14(16-9-10-17-22(4,20)21)19-11-8-13(12-19)18(6-2)7-3/h13,17H,5-12H2,1-4H3,(H,15,16). The Bertz CT molecular complexity index is 448. The number of likely N-dealkylation sites (tertiary alicyclic amines) is 1. The van der Waals surface area contributed by atoms with Crippen LogP contribution in [0.4, 0.5) is 0 Å². The van der Waals surface area contributed by atoms with Gasteiger partial charge in [0.05, 0.1) is 12.8 Å². The predicted molar refractivity (Wildman–Crippen MR) is 91.7 cm³/mol. The van der Waals surface area contributed by atoms with Gasteiger partial charge in [0.2, 0.25) is 10.0 Å². The number of sulfonamides is 1. The molecule has 0 bridgehead atoms. The van der Waals surface area contributed by atoms with E-state index in [1.54, 1.807) is 0 Å². The van der Waals surface area contributed by atoms with Gasteiger partial charge in [-0.25, -0.2) is 13.1 Å². The largest absolute Gasteiger partial charge is 0.357 e. The maximum Gasteiger partial charge on any atom is 0.208 e. The molecule has 1 aliphatic heterocycles. The van der Waals surface area contributed by atoms with Crippen molar-refractivity contribution in [2.24, 2.45) is 4.99 Å². The normalized spacial score (nSPS) is 20.0. The molecule has 130 valence electrons. The first kappa shape index (κ1) is 19.2. The van der Waals surface area contributed by atoms with Crippen molar-refractivity contribution >= 4 is 16.0 Å². The number of rotatable bonds is 8. The number of likely N-dealkylation sites (N-methyl/N-ethyl adjacent to an activating group) is 1. The molecule has 1 saturated heterocycles. The fraction of sp³-hybridized carbons (Fsp3) is 0.929. The second-order valence-electron chi connectivity index (χ2n) is 5.51. The van der Waals surface area contributed by atoms with E-state index in [9.17, 15) is 8.42 Å². The second-order valence-corrected chi connectivity index (χ2v) is 7.34. The minimum atomic E-state index is -3.14. The van der Waals surface area contributed by atoms with Gasteiger partial charge in [-0.05, 0) is 26.4 Å². The van der Waals surface area contributed by atoms with Gasteiger partial charge in [-0.1, -0.05) is 13.8 Å². The maximum absolute atomic E-state index is 11.1. The van der Waals surface area contributed by atoms with E-state index in [4.69, 9.17) is 0 Å². The zero-order valence-corrected chi connectivity index (χ0v) is 15.1. The lowest BCUT2D eigenvalue weighted by Gasteiger charge is -2.27. The fourth-order valence-electron chi connectivity index (χ4n) is 2.79. The third-order valence-corrected chi connectivity index (χ3v) is 4.59. The molecule has 0 aliphatic carbocycles. The van der Waals surface area contributed by atoms with Crippen LogP contribution < -0.4 is 10.0 Å². The van der Waals surface area contributed by atoms with Crippen LogP contribution in [0.15, 0.2) is 4.99 Å². The van der Waals surface area contributed by atoms with Crippen LogP contribution in [-0.4, -0.2) is 82.3 Å². The van der Waals surface area contributed by atoms with Gasteiger partial charge in [0.1, 0.15) is 0 Å². The van der Waals surface area contributed by atoms with E-state index in [0.29, 0.717) is 19.1 Å². The SMILES string of the molecule is CCNC(=NCCNS(C)(=O)=O)N1CCC(N(CC)CC)C1. The van der Waals surface area contributed by atoms with Crippen molar-refractivity contribution in [2.75, 3.05) is 52.1 Å². The topological polar surface area (TPSA) is 77.0 Å². The van der Waals surface area contributed by atoms with Crippen LogP contribution in [-0.2, 0) is 10.0 Å². The van der Waals surface area contributed by atoms with Crippen LogP contribution in [0.3, 0.4) is 0 Å². The first-order chi connectivity index (χ1) is 10.4. The Kier molecular flexibility index (Phi) is 8.13. The van der Waals surface area contributed by atoms with Crippen LogP contribution in [0.25, 0.3) is 0 Å². The molecule has 2 N–H and O–H groups in total. The minimum Gasteiger partial charge on any atom is -0.357 e. The van der Waals surface area contributed by atoms with E-state index in [1.807, 2.05) is 6.92 Å². The molecule has 0 aromatic carbocycles. The Morgan fingerprint density at radius 2 is 2.00 bits per heavy atom. The van der Waals surface area contributed by atoms with Crippen molar-refractivity contribution in [3.63, 3.8) is 0 Å². The van der Waals surface area contributed by atoms with Crippen molar-refractivity contribution in [2.45, 2.75) is 33.2 Å². The zero-order chi connectivity index (χ0) is 16.6. The van der Waals surface area contributed by atoms with E-state index in [0.717, 1.165) is 51.4 Å². The van der Waals surface area contributed by atoms with Crippen molar-refractivity contribution in [1.82, 2.24) is 19.8 Å². The first-order valence-corrected chi connectivity index (χ1v) is 10.0. The van der Waals surface area contributed by atoms with Crippen molar-refractivity contribution in [3.05, 3.63) is 0 Å². The van der Waals surface area contributed by atoms with Gasteiger partial charge in [-0.2, -0.15) is 0 Å². The summed E-state index contributed by atoms with van der Waals surface area (Å²) in [5.74, 6) is 0.882. The summed E-state index contributed by atoms with van der Waals surface area (Å²) in [6.45, 7) is 12.1. The molecule has 8 heteroatoms. The quantitative estimate of drug-likeness (QED) is 0.369. The number of nitrogens with one attached hydrogen (secondary N) is 2. The lowest BCUT2D eigenvalue weighted by atomic mass is 10.2. The van der Waals surface area contributed by atoms with E-state index >= 15 is 0 Å². The molecule has 7 nitrogen and oxygen atoms in total. The molecule has 1 atom stereocenters. The van der Waals surface area contributed by atoms with Crippen LogP contribution in [0.5, 0.6) is 0 Å². The number of nitrogens with zero attached hydrogens (tertiary/aromatic N) is 3. The zero-order valence-electron chi connectivity index (χ0n) is 14.3. The fourth-order valence-corrected chi connectivity index (χ4v) is 3.25. The van der Waals surface area contributed by atoms with Crippen LogP contribution in [0, 0.1) is 0 Å². The Morgan fingerprint density at radius 3 is 2.55 bits per heavy atom. The van der Waals surface area contributed by atoms with E-state index in [1.165, 1.54) is 0 Å². The van der Waals surface area contributed by atoms with Gasteiger partial charge in [-0.15, -0.1) is 0 Å². The highest BCUT2D eigenvalue weighted by atomic mass is 32.2. The summed E-state index contributed by atoms with van der Waals surface area (Å²) < 4.78 is 24.6. The molecular weight excluding hydrogens is 302 g/mol. The van der Waals surface area contributed by atoms with Crippen LogP contribution >= 0.6 is 0 Å². The Balaban J connectivity index is 2.56. The average Bonchev–Trinajstić information content (AvgIpc) is 2.92. The Hall–Kier alpha value is -0.860. The molecule has 1 aliphatic rings. The predicted octanol–water partition coefficient (Wildman–Crippen LogP) is -0.0828. The van der Waals surface area contributed by atoms with E-state index < -0.39 is 10.0 Å². The summed E-state index contributed by atoms with van der Waals surface area (Å²) in [7, 11) is -3.14. The molecule has 1 fully saturated rings. The molecule has 0 saturated carbocycles. The van der Waals surface area contributed by atoms with Crippen LogP contribution in [0.2, 0.25) is 0 Å². The number of hydrogen-bond donors (Lipinski definition) is 2. The monoisotopic (exact) mass is 333 g/mol. The molecule has 1 heterocycles. The maximum atomic E-state index is 11.1. The highest BCUT2D eigenvalue weighted by molar-refractivity contribution is 7.88. The second kappa shape index (κ2) is 9.32. The summed E-state index contributed by atoms with van der Waals surface area (Å²) >= 11 is 0. The molecule has 0 aromatic heterocycles. The van der Waals surface area contributed by atoms with Gasteiger partial charge in [0, 0.05) is 32.2 Å². The minimum absolute atomic E-state index is 0.334.